The van der Waals surface area contributed by atoms with Crippen LogP contribution in [0.25, 0.3) is 0 Å². The van der Waals surface area contributed by atoms with E-state index in [0.717, 1.165) is 38.5 Å². The predicted molar refractivity (Wildman–Crippen MR) is 109 cm³/mol. The number of pyridine rings is 1. The number of carbonyl (C=O) groups is 3. The number of nitrogens with zero attached hydrogens (tertiary/aromatic N) is 2. The Balaban J connectivity index is 1.52. The molecule has 1 aliphatic carbocycles. The first-order valence-corrected chi connectivity index (χ1v) is 10.7. The van der Waals surface area contributed by atoms with Crippen LogP contribution in [0.15, 0.2) is 12.1 Å². The van der Waals surface area contributed by atoms with Gasteiger partial charge in [0, 0.05) is 25.0 Å². The lowest BCUT2D eigenvalue weighted by Gasteiger charge is -2.33. The Hall–Kier alpha value is -2.44. The lowest BCUT2D eigenvalue weighted by Crippen LogP contribution is -2.48. The second-order valence-corrected chi connectivity index (χ2v) is 7.96. The highest BCUT2D eigenvalue weighted by atomic mass is 16.5. The fourth-order valence-corrected chi connectivity index (χ4v) is 4.18. The molecule has 158 valence electrons. The van der Waals surface area contributed by atoms with Gasteiger partial charge in [0.15, 0.2) is 0 Å². The second kappa shape index (κ2) is 9.85. The van der Waals surface area contributed by atoms with E-state index in [2.05, 4.69) is 10.3 Å². The molecule has 3 rings (SSSR count). The number of aryl methyl sites for hydroxylation is 1. The molecule has 0 radical (unpaired) electrons. The summed E-state index contributed by atoms with van der Waals surface area (Å²) in [5, 5.41) is 3.18. The molecule has 0 spiro atoms. The number of piperidine rings is 1. The third kappa shape index (κ3) is 5.34. The minimum absolute atomic E-state index is 0.134. The minimum Gasteiger partial charge on any atom is -0.462 e. The van der Waals surface area contributed by atoms with Crippen molar-refractivity contribution in [1.82, 2.24) is 15.2 Å². The standard InChI is InChI=1S/C22H31N3O4/c1-3-29-22(28)18-9-10-19(23-15(18)2)21(27)25-13-11-17(12-14-25)24-20(26)16-7-5-4-6-8-16/h9-10,16-17H,3-8,11-14H2,1-2H3,(H,24,26). The Bertz CT molecular complexity index is 750. The maximum atomic E-state index is 12.8. The molecule has 0 atom stereocenters. The highest BCUT2D eigenvalue weighted by Crippen LogP contribution is 2.24. The van der Waals surface area contributed by atoms with E-state index in [1.807, 2.05) is 0 Å². The van der Waals surface area contributed by atoms with Gasteiger partial charge in [-0.1, -0.05) is 19.3 Å². The Morgan fingerprint density at radius 2 is 1.79 bits per heavy atom. The number of aromatic nitrogens is 1. The molecule has 2 aliphatic rings. The van der Waals surface area contributed by atoms with E-state index in [1.54, 1.807) is 30.9 Å². The van der Waals surface area contributed by atoms with Crippen molar-refractivity contribution in [3.8, 4) is 0 Å². The van der Waals surface area contributed by atoms with Crippen molar-refractivity contribution in [2.45, 2.75) is 64.8 Å². The summed E-state index contributed by atoms with van der Waals surface area (Å²) in [6, 6.07) is 3.32. The van der Waals surface area contributed by atoms with Gasteiger partial charge >= 0.3 is 5.97 Å². The molecule has 2 heterocycles. The summed E-state index contributed by atoms with van der Waals surface area (Å²) >= 11 is 0. The van der Waals surface area contributed by atoms with Crippen molar-refractivity contribution >= 4 is 17.8 Å². The summed E-state index contributed by atoms with van der Waals surface area (Å²) < 4.78 is 5.00. The summed E-state index contributed by atoms with van der Waals surface area (Å²) in [5.74, 6) is -0.221. The van der Waals surface area contributed by atoms with Gasteiger partial charge < -0.3 is 15.0 Å². The van der Waals surface area contributed by atoms with E-state index < -0.39 is 5.97 Å². The number of rotatable bonds is 5. The average Bonchev–Trinajstić information content (AvgIpc) is 2.74. The van der Waals surface area contributed by atoms with Crippen molar-refractivity contribution in [3.63, 3.8) is 0 Å². The smallest absolute Gasteiger partial charge is 0.339 e. The Labute approximate surface area is 172 Å². The summed E-state index contributed by atoms with van der Waals surface area (Å²) in [4.78, 5) is 43.2. The summed E-state index contributed by atoms with van der Waals surface area (Å²) in [6.45, 7) is 4.94. The van der Waals surface area contributed by atoms with Crippen molar-refractivity contribution in [1.29, 1.82) is 0 Å². The molecule has 0 unspecified atom stereocenters. The van der Waals surface area contributed by atoms with Crippen molar-refractivity contribution in [2.75, 3.05) is 19.7 Å². The molecule has 0 aromatic carbocycles. The van der Waals surface area contributed by atoms with Gasteiger partial charge in [-0.05, 0) is 51.7 Å². The van der Waals surface area contributed by atoms with E-state index in [0.29, 0.717) is 36.6 Å². The van der Waals surface area contributed by atoms with Crippen LogP contribution in [0.3, 0.4) is 0 Å². The monoisotopic (exact) mass is 401 g/mol. The number of hydrogen-bond acceptors (Lipinski definition) is 5. The largest absolute Gasteiger partial charge is 0.462 e. The fraction of sp³-hybridized carbons (Fsp3) is 0.636. The normalized spacial score (nSPS) is 18.3. The maximum absolute atomic E-state index is 12.8. The second-order valence-electron chi connectivity index (χ2n) is 7.96. The van der Waals surface area contributed by atoms with Gasteiger partial charge in [0.1, 0.15) is 5.69 Å². The van der Waals surface area contributed by atoms with Crippen LogP contribution in [-0.2, 0) is 9.53 Å². The molecule has 7 heteroatoms. The van der Waals surface area contributed by atoms with Crippen LogP contribution in [0, 0.1) is 12.8 Å². The van der Waals surface area contributed by atoms with Crippen LogP contribution < -0.4 is 5.32 Å². The number of amides is 2. The highest BCUT2D eigenvalue weighted by Gasteiger charge is 2.28. The van der Waals surface area contributed by atoms with Crippen LogP contribution in [0.2, 0.25) is 0 Å². The molecular weight excluding hydrogens is 370 g/mol. The van der Waals surface area contributed by atoms with Gasteiger partial charge in [-0.2, -0.15) is 0 Å². The predicted octanol–water partition coefficient (Wildman–Crippen LogP) is 2.87. The number of ether oxygens (including phenoxy) is 1. The quantitative estimate of drug-likeness (QED) is 0.767. The lowest BCUT2D eigenvalue weighted by atomic mass is 9.88. The van der Waals surface area contributed by atoms with Gasteiger partial charge in [0.25, 0.3) is 5.91 Å². The van der Waals surface area contributed by atoms with Gasteiger partial charge in [0.05, 0.1) is 17.9 Å². The minimum atomic E-state index is -0.425. The van der Waals surface area contributed by atoms with Crippen molar-refractivity contribution < 1.29 is 19.1 Å². The molecule has 1 aromatic rings. The zero-order valence-corrected chi connectivity index (χ0v) is 17.4. The number of esters is 1. The van der Waals surface area contributed by atoms with Gasteiger partial charge in [-0.15, -0.1) is 0 Å². The van der Waals surface area contributed by atoms with Gasteiger partial charge in [-0.3, -0.25) is 9.59 Å². The summed E-state index contributed by atoms with van der Waals surface area (Å²) in [5.41, 5.74) is 1.21. The summed E-state index contributed by atoms with van der Waals surface area (Å²) in [6.07, 6.45) is 7.03. The van der Waals surface area contributed by atoms with Crippen molar-refractivity contribution in [3.05, 3.63) is 29.1 Å². The van der Waals surface area contributed by atoms with Crippen LogP contribution in [0.1, 0.15) is 78.4 Å². The maximum Gasteiger partial charge on any atom is 0.339 e. The number of carbonyl (C=O) groups excluding carboxylic acids is 3. The molecule has 1 aromatic heterocycles. The topological polar surface area (TPSA) is 88.6 Å². The molecule has 1 N–H and O–H groups in total. The van der Waals surface area contributed by atoms with E-state index in [1.165, 1.54) is 6.42 Å². The van der Waals surface area contributed by atoms with Crippen LogP contribution in [0.4, 0.5) is 0 Å². The highest BCUT2D eigenvalue weighted by molar-refractivity contribution is 5.95. The van der Waals surface area contributed by atoms with Crippen molar-refractivity contribution in [2.24, 2.45) is 5.92 Å². The molecule has 2 fully saturated rings. The third-order valence-corrected chi connectivity index (χ3v) is 5.90. The fourth-order valence-electron chi connectivity index (χ4n) is 4.18. The first-order chi connectivity index (χ1) is 14.0. The molecule has 29 heavy (non-hydrogen) atoms. The van der Waals surface area contributed by atoms with E-state index in [-0.39, 0.29) is 23.8 Å². The van der Waals surface area contributed by atoms with E-state index >= 15 is 0 Å². The molecule has 2 amide bonds. The molecule has 1 saturated heterocycles. The summed E-state index contributed by atoms with van der Waals surface area (Å²) in [7, 11) is 0. The molecular formula is C22H31N3O4. The average molecular weight is 402 g/mol. The van der Waals surface area contributed by atoms with Gasteiger partial charge in [0.2, 0.25) is 5.91 Å². The molecule has 0 bridgehead atoms. The van der Waals surface area contributed by atoms with Crippen LogP contribution in [0.5, 0.6) is 0 Å². The zero-order valence-electron chi connectivity index (χ0n) is 17.4. The first kappa shape index (κ1) is 21.3. The third-order valence-electron chi connectivity index (χ3n) is 5.90. The Morgan fingerprint density at radius 3 is 2.41 bits per heavy atom. The Morgan fingerprint density at radius 1 is 1.10 bits per heavy atom. The number of likely N-dealkylation sites (tertiary alicyclic amines) is 1. The molecule has 1 saturated carbocycles. The van der Waals surface area contributed by atoms with E-state index in [4.69, 9.17) is 4.74 Å². The number of nitrogens with one attached hydrogen (secondary N) is 1. The zero-order chi connectivity index (χ0) is 20.8. The Kier molecular flexibility index (Phi) is 7.23. The van der Waals surface area contributed by atoms with E-state index in [9.17, 15) is 14.4 Å². The SMILES string of the molecule is CCOC(=O)c1ccc(C(=O)N2CCC(NC(=O)C3CCCCC3)CC2)nc1C. The van der Waals surface area contributed by atoms with Crippen LogP contribution in [-0.4, -0.2) is 53.4 Å². The first-order valence-electron chi connectivity index (χ1n) is 10.7. The van der Waals surface area contributed by atoms with Crippen LogP contribution >= 0.6 is 0 Å². The lowest BCUT2D eigenvalue weighted by molar-refractivity contribution is -0.126. The molecule has 1 aliphatic heterocycles. The molecule has 7 nitrogen and oxygen atoms in total. The number of hydrogen-bond donors (Lipinski definition) is 1. The van der Waals surface area contributed by atoms with Gasteiger partial charge in [-0.25, -0.2) is 9.78 Å².